The summed E-state index contributed by atoms with van der Waals surface area (Å²) in [6.45, 7) is 3.25. The third kappa shape index (κ3) is 2.52. The molecule has 0 atom stereocenters. The van der Waals surface area contributed by atoms with Crippen LogP contribution in [-0.2, 0) is 0 Å². The van der Waals surface area contributed by atoms with Crippen molar-refractivity contribution in [2.24, 2.45) is 5.41 Å². The molecular formula is C12H16BrNO. The lowest BCUT2D eigenvalue weighted by molar-refractivity contribution is 0.220. The Balaban J connectivity index is 1.96. The van der Waals surface area contributed by atoms with E-state index < -0.39 is 0 Å². The van der Waals surface area contributed by atoms with Crippen molar-refractivity contribution in [1.82, 2.24) is 0 Å². The maximum Gasteiger partial charge on any atom is 0.0504 e. The number of benzene rings is 1. The lowest BCUT2D eigenvalue weighted by atomic mass is 10.1. The number of nitrogens with one attached hydrogen (secondary N) is 1. The Labute approximate surface area is 98.8 Å². The van der Waals surface area contributed by atoms with E-state index in [1.54, 1.807) is 0 Å². The summed E-state index contributed by atoms with van der Waals surface area (Å²) in [6, 6.07) is 6.25. The van der Waals surface area contributed by atoms with Gasteiger partial charge in [0.05, 0.1) is 6.61 Å². The molecule has 0 aromatic heterocycles. The highest BCUT2D eigenvalue weighted by atomic mass is 79.9. The van der Waals surface area contributed by atoms with Gasteiger partial charge in [-0.3, -0.25) is 0 Å². The predicted octanol–water partition coefficient (Wildman–Crippen LogP) is 2.94. The molecular weight excluding hydrogens is 254 g/mol. The Kier molecular flexibility index (Phi) is 3.03. The second kappa shape index (κ2) is 4.14. The van der Waals surface area contributed by atoms with E-state index >= 15 is 0 Å². The molecule has 0 heterocycles. The second-order valence-corrected chi connectivity index (χ2v) is 5.33. The summed E-state index contributed by atoms with van der Waals surface area (Å²) < 4.78 is 1.13. The van der Waals surface area contributed by atoms with E-state index in [0.717, 1.165) is 29.5 Å². The van der Waals surface area contributed by atoms with Crippen LogP contribution in [0.2, 0.25) is 0 Å². The van der Waals surface area contributed by atoms with E-state index in [1.807, 2.05) is 0 Å². The molecule has 1 aliphatic carbocycles. The van der Waals surface area contributed by atoms with Crippen molar-refractivity contribution in [1.29, 1.82) is 0 Å². The molecule has 3 heteroatoms. The number of aliphatic hydroxyl groups is 1. The summed E-state index contributed by atoms with van der Waals surface area (Å²) in [7, 11) is 0. The van der Waals surface area contributed by atoms with Gasteiger partial charge in [-0.15, -0.1) is 0 Å². The number of aryl methyl sites for hydroxylation is 1. The van der Waals surface area contributed by atoms with Gasteiger partial charge >= 0.3 is 0 Å². The SMILES string of the molecule is Cc1ccc(NCC2(CO)CC2)cc1Br. The molecule has 1 aromatic rings. The van der Waals surface area contributed by atoms with Crippen LogP contribution in [0.15, 0.2) is 22.7 Å². The quantitative estimate of drug-likeness (QED) is 0.881. The largest absolute Gasteiger partial charge is 0.396 e. The zero-order valence-electron chi connectivity index (χ0n) is 8.89. The normalized spacial score (nSPS) is 17.5. The highest BCUT2D eigenvalue weighted by Crippen LogP contribution is 2.44. The summed E-state index contributed by atoms with van der Waals surface area (Å²) in [5.74, 6) is 0. The second-order valence-electron chi connectivity index (χ2n) is 4.48. The van der Waals surface area contributed by atoms with Crippen LogP contribution < -0.4 is 5.32 Å². The molecule has 82 valence electrons. The number of hydrogen-bond acceptors (Lipinski definition) is 2. The fourth-order valence-electron chi connectivity index (χ4n) is 1.56. The molecule has 0 aliphatic heterocycles. The molecule has 2 nitrogen and oxygen atoms in total. The maximum atomic E-state index is 9.18. The summed E-state index contributed by atoms with van der Waals surface area (Å²) in [5.41, 5.74) is 2.52. The van der Waals surface area contributed by atoms with Gasteiger partial charge in [-0.1, -0.05) is 22.0 Å². The number of aliphatic hydroxyl groups excluding tert-OH is 1. The zero-order chi connectivity index (χ0) is 10.9. The number of hydrogen-bond donors (Lipinski definition) is 2. The lowest BCUT2D eigenvalue weighted by Gasteiger charge is -2.14. The first-order chi connectivity index (χ1) is 7.15. The molecule has 2 N–H and O–H groups in total. The third-order valence-electron chi connectivity index (χ3n) is 3.13. The first-order valence-corrected chi connectivity index (χ1v) is 6.05. The minimum atomic E-state index is 0.164. The van der Waals surface area contributed by atoms with Crippen molar-refractivity contribution in [3.05, 3.63) is 28.2 Å². The predicted molar refractivity (Wildman–Crippen MR) is 66.1 cm³/mol. The van der Waals surface area contributed by atoms with Crippen LogP contribution in [0.1, 0.15) is 18.4 Å². The van der Waals surface area contributed by atoms with Crippen molar-refractivity contribution < 1.29 is 5.11 Å². The van der Waals surface area contributed by atoms with E-state index in [0.29, 0.717) is 6.61 Å². The minimum absolute atomic E-state index is 0.164. The van der Waals surface area contributed by atoms with E-state index in [2.05, 4.69) is 46.4 Å². The van der Waals surface area contributed by atoms with Crippen molar-refractivity contribution in [2.75, 3.05) is 18.5 Å². The monoisotopic (exact) mass is 269 g/mol. The first-order valence-electron chi connectivity index (χ1n) is 5.26. The average molecular weight is 270 g/mol. The van der Waals surface area contributed by atoms with Crippen LogP contribution in [0.5, 0.6) is 0 Å². The molecule has 0 spiro atoms. The molecule has 0 amide bonds. The third-order valence-corrected chi connectivity index (χ3v) is 3.99. The molecule has 2 rings (SSSR count). The van der Waals surface area contributed by atoms with Crippen molar-refractivity contribution in [3.63, 3.8) is 0 Å². The maximum absolute atomic E-state index is 9.18. The topological polar surface area (TPSA) is 32.3 Å². The van der Waals surface area contributed by atoms with Crippen LogP contribution >= 0.6 is 15.9 Å². The Morgan fingerprint density at radius 1 is 1.47 bits per heavy atom. The molecule has 15 heavy (non-hydrogen) atoms. The van der Waals surface area contributed by atoms with E-state index in [-0.39, 0.29) is 5.41 Å². The van der Waals surface area contributed by atoms with Crippen LogP contribution in [-0.4, -0.2) is 18.3 Å². The first kappa shape index (κ1) is 11.0. The minimum Gasteiger partial charge on any atom is -0.396 e. The number of rotatable bonds is 4. The zero-order valence-corrected chi connectivity index (χ0v) is 10.5. The van der Waals surface area contributed by atoms with Gasteiger partial charge in [-0.05, 0) is 37.5 Å². The highest BCUT2D eigenvalue weighted by molar-refractivity contribution is 9.10. The van der Waals surface area contributed by atoms with Gasteiger partial charge in [0.25, 0.3) is 0 Å². The highest BCUT2D eigenvalue weighted by Gasteiger charge is 2.41. The summed E-state index contributed by atoms with van der Waals surface area (Å²) in [4.78, 5) is 0. The van der Waals surface area contributed by atoms with Gasteiger partial charge in [-0.2, -0.15) is 0 Å². The fraction of sp³-hybridized carbons (Fsp3) is 0.500. The van der Waals surface area contributed by atoms with E-state index in [1.165, 1.54) is 5.56 Å². The fourth-order valence-corrected chi connectivity index (χ4v) is 1.94. The number of anilines is 1. The molecule has 0 bridgehead atoms. The molecule has 1 aromatic carbocycles. The molecule has 0 unspecified atom stereocenters. The molecule has 0 saturated heterocycles. The van der Waals surface area contributed by atoms with Gasteiger partial charge in [0.15, 0.2) is 0 Å². The summed E-state index contributed by atoms with van der Waals surface area (Å²) in [6.07, 6.45) is 2.28. The van der Waals surface area contributed by atoms with Gasteiger partial charge in [0, 0.05) is 22.1 Å². The van der Waals surface area contributed by atoms with E-state index in [4.69, 9.17) is 0 Å². The van der Waals surface area contributed by atoms with E-state index in [9.17, 15) is 5.11 Å². The van der Waals surface area contributed by atoms with Crippen molar-refractivity contribution in [3.8, 4) is 0 Å². The summed E-state index contributed by atoms with van der Waals surface area (Å²) >= 11 is 3.51. The smallest absolute Gasteiger partial charge is 0.0504 e. The standard InChI is InChI=1S/C12H16BrNO/c1-9-2-3-10(6-11(9)13)14-7-12(8-15)4-5-12/h2-3,6,14-15H,4-5,7-8H2,1H3. The van der Waals surface area contributed by atoms with Crippen molar-refractivity contribution in [2.45, 2.75) is 19.8 Å². The molecule has 1 fully saturated rings. The van der Waals surface area contributed by atoms with Crippen LogP contribution in [0.3, 0.4) is 0 Å². The van der Waals surface area contributed by atoms with Crippen LogP contribution in [0, 0.1) is 12.3 Å². The van der Waals surface area contributed by atoms with Gasteiger partial charge in [-0.25, -0.2) is 0 Å². The van der Waals surface area contributed by atoms with Crippen LogP contribution in [0.25, 0.3) is 0 Å². The lowest BCUT2D eigenvalue weighted by Crippen LogP contribution is -2.18. The summed E-state index contributed by atoms with van der Waals surface area (Å²) in [5, 5.41) is 12.6. The van der Waals surface area contributed by atoms with Gasteiger partial charge in [0.2, 0.25) is 0 Å². The van der Waals surface area contributed by atoms with Crippen LogP contribution in [0.4, 0.5) is 5.69 Å². The van der Waals surface area contributed by atoms with Gasteiger partial charge < -0.3 is 10.4 Å². The van der Waals surface area contributed by atoms with Gasteiger partial charge in [0.1, 0.15) is 0 Å². The molecule has 1 aliphatic rings. The Morgan fingerprint density at radius 3 is 2.73 bits per heavy atom. The Bertz CT molecular complexity index is 361. The Morgan fingerprint density at radius 2 is 2.20 bits per heavy atom. The average Bonchev–Trinajstić information content (AvgIpc) is 3.01. The Hall–Kier alpha value is -0.540. The molecule has 1 saturated carbocycles. The van der Waals surface area contributed by atoms with Crippen molar-refractivity contribution >= 4 is 21.6 Å². The molecule has 0 radical (unpaired) electrons. The number of halogens is 1.